The summed E-state index contributed by atoms with van der Waals surface area (Å²) in [6, 6.07) is 2.35. The lowest BCUT2D eigenvalue weighted by atomic mass is 9.98. The maximum atomic E-state index is 12.6. The number of H-pyrrole nitrogens is 1. The van der Waals surface area contributed by atoms with Crippen molar-refractivity contribution < 1.29 is 4.79 Å². The fourth-order valence-electron chi connectivity index (χ4n) is 3.65. The summed E-state index contributed by atoms with van der Waals surface area (Å²) >= 11 is 0. The molecule has 2 rings (SSSR count). The first-order valence-corrected chi connectivity index (χ1v) is 8.41. The highest BCUT2D eigenvalue weighted by Gasteiger charge is 2.25. The minimum atomic E-state index is -0.348. The molecule has 0 atom stereocenters. The molecule has 5 nitrogen and oxygen atoms in total. The van der Waals surface area contributed by atoms with Gasteiger partial charge in [0.05, 0.1) is 0 Å². The summed E-state index contributed by atoms with van der Waals surface area (Å²) in [6.45, 7) is 6.39. The molecule has 0 spiro atoms. The minimum absolute atomic E-state index is 0.154. The number of nitrogens with one attached hydrogen (secondary N) is 1. The molecule has 0 aliphatic heterocycles. The number of carbonyl (C=O) groups is 1. The zero-order valence-electron chi connectivity index (χ0n) is 14.2. The van der Waals surface area contributed by atoms with Crippen LogP contribution in [0.5, 0.6) is 0 Å². The molecule has 5 heteroatoms. The van der Waals surface area contributed by atoms with Crippen molar-refractivity contribution in [1.29, 1.82) is 5.26 Å². The number of hydrogen-bond donors (Lipinski definition) is 1. The smallest absolute Gasteiger partial charge is 0.266 e. The number of nitriles is 1. The van der Waals surface area contributed by atoms with Gasteiger partial charge in [-0.3, -0.25) is 9.59 Å². The van der Waals surface area contributed by atoms with Crippen LogP contribution in [-0.2, 0) is 11.2 Å². The number of hydrogen-bond acceptors (Lipinski definition) is 3. The Balaban J connectivity index is 2.13. The molecule has 0 aromatic carbocycles. The molecule has 0 saturated heterocycles. The van der Waals surface area contributed by atoms with Gasteiger partial charge in [0.1, 0.15) is 11.6 Å². The first-order valence-electron chi connectivity index (χ1n) is 8.41. The number of nitrogens with zero attached hydrogens (tertiary/aromatic N) is 2. The van der Waals surface area contributed by atoms with Crippen molar-refractivity contribution in [2.75, 3.05) is 6.54 Å². The van der Waals surface area contributed by atoms with E-state index in [-0.39, 0.29) is 17.0 Å². The van der Waals surface area contributed by atoms with Gasteiger partial charge in [0.15, 0.2) is 0 Å². The van der Waals surface area contributed by atoms with Crippen LogP contribution in [0.25, 0.3) is 0 Å². The van der Waals surface area contributed by atoms with E-state index in [2.05, 4.69) is 4.98 Å². The van der Waals surface area contributed by atoms with Crippen molar-refractivity contribution in [2.24, 2.45) is 0 Å². The Morgan fingerprint density at radius 1 is 1.35 bits per heavy atom. The van der Waals surface area contributed by atoms with Crippen molar-refractivity contribution in [3.05, 3.63) is 32.7 Å². The third kappa shape index (κ3) is 3.64. The number of aryl methyl sites for hydroxylation is 1. The average molecular weight is 315 g/mol. The van der Waals surface area contributed by atoms with Gasteiger partial charge in [0.2, 0.25) is 5.91 Å². The van der Waals surface area contributed by atoms with Gasteiger partial charge in [-0.15, -0.1) is 0 Å². The summed E-state index contributed by atoms with van der Waals surface area (Å²) in [5.41, 5.74) is 2.17. The zero-order valence-corrected chi connectivity index (χ0v) is 14.2. The number of rotatable bonds is 5. The van der Waals surface area contributed by atoms with Gasteiger partial charge in [-0.25, -0.2) is 0 Å². The molecule has 1 fully saturated rings. The number of aromatic nitrogens is 1. The van der Waals surface area contributed by atoms with E-state index in [0.29, 0.717) is 24.4 Å². The van der Waals surface area contributed by atoms with Crippen LogP contribution in [0.2, 0.25) is 0 Å². The Kier molecular flexibility index (Phi) is 5.59. The third-order valence-electron chi connectivity index (χ3n) is 4.94. The van der Waals surface area contributed by atoms with Gasteiger partial charge in [0, 0.05) is 24.7 Å². The Bertz CT molecular complexity index is 679. The second-order valence-electron chi connectivity index (χ2n) is 6.29. The largest absolute Gasteiger partial charge is 0.340 e. The van der Waals surface area contributed by atoms with Crippen LogP contribution in [0.3, 0.4) is 0 Å². The SMILES string of the molecule is CCN(C(=O)CCc1c(C)[nH]c(=O)c(C#N)c1C)C1CCCC1. The van der Waals surface area contributed by atoms with Gasteiger partial charge >= 0.3 is 0 Å². The predicted molar refractivity (Wildman–Crippen MR) is 89.2 cm³/mol. The topological polar surface area (TPSA) is 77.0 Å². The average Bonchev–Trinajstić information content (AvgIpc) is 3.02. The summed E-state index contributed by atoms with van der Waals surface area (Å²) in [7, 11) is 0. The zero-order chi connectivity index (χ0) is 17.0. The Hall–Kier alpha value is -2.09. The number of amides is 1. The molecular weight excluding hydrogens is 290 g/mol. The molecule has 0 bridgehead atoms. The van der Waals surface area contributed by atoms with Crippen LogP contribution in [0.1, 0.15) is 61.4 Å². The van der Waals surface area contributed by atoms with Crippen molar-refractivity contribution in [3.8, 4) is 6.07 Å². The maximum Gasteiger partial charge on any atom is 0.266 e. The van der Waals surface area contributed by atoms with Gasteiger partial charge in [-0.1, -0.05) is 12.8 Å². The highest BCUT2D eigenvalue weighted by molar-refractivity contribution is 5.77. The first kappa shape index (κ1) is 17.3. The molecule has 0 radical (unpaired) electrons. The van der Waals surface area contributed by atoms with Crippen LogP contribution >= 0.6 is 0 Å². The summed E-state index contributed by atoms with van der Waals surface area (Å²) in [6.07, 6.45) is 5.61. The van der Waals surface area contributed by atoms with Gasteiger partial charge < -0.3 is 9.88 Å². The summed E-state index contributed by atoms with van der Waals surface area (Å²) in [5, 5.41) is 9.12. The maximum absolute atomic E-state index is 12.6. The van der Waals surface area contributed by atoms with Gasteiger partial charge in [-0.05, 0) is 51.2 Å². The van der Waals surface area contributed by atoms with E-state index in [1.54, 1.807) is 6.92 Å². The van der Waals surface area contributed by atoms with Crippen LogP contribution in [0.4, 0.5) is 0 Å². The van der Waals surface area contributed by atoms with Crippen molar-refractivity contribution >= 4 is 5.91 Å². The summed E-state index contributed by atoms with van der Waals surface area (Å²) < 4.78 is 0. The fraction of sp³-hybridized carbons (Fsp3) is 0.611. The first-order chi connectivity index (χ1) is 11.0. The molecule has 23 heavy (non-hydrogen) atoms. The second-order valence-corrected chi connectivity index (χ2v) is 6.29. The molecule has 1 N–H and O–H groups in total. The molecule has 1 saturated carbocycles. The van der Waals surface area contributed by atoms with Crippen LogP contribution in [0, 0.1) is 25.2 Å². The highest BCUT2D eigenvalue weighted by Crippen LogP contribution is 2.24. The lowest BCUT2D eigenvalue weighted by molar-refractivity contribution is -0.133. The quantitative estimate of drug-likeness (QED) is 0.907. The molecule has 1 aliphatic carbocycles. The van der Waals surface area contributed by atoms with E-state index in [4.69, 9.17) is 5.26 Å². The Labute approximate surface area is 137 Å². The van der Waals surface area contributed by atoms with E-state index in [9.17, 15) is 9.59 Å². The minimum Gasteiger partial charge on any atom is -0.340 e. The van der Waals surface area contributed by atoms with Gasteiger partial charge in [-0.2, -0.15) is 5.26 Å². The van der Waals surface area contributed by atoms with Crippen LogP contribution in [0.15, 0.2) is 4.79 Å². The standard InChI is InChI=1S/C18H25N3O2/c1-4-21(14-7-5-6-8-14)17(22)10-9-15-12(2)16(11-19)18(23)20-13(15)3/h14H,4-10H2,1-3H3,(H,20,23). The Morgan fingerprint density at radius 3 is 2.57 bits per heavy atom. The van der Waals surface area contributed by atoms with Gasteiger partial charge in [0.25, 0.3) is 5.56 Å². The fourth-order valence-corrected chi connectivity index (χ4v) is 3.65. The molecule has 1 aliphatic rings. The predicted octanol–water partition coefficient (Wildman–Crippen LogP) is 2.59. The van der Waals surface area contributed by atoms with Crippen molar-refractivity contribution in [2.45, 2.75) is 65.3 Å². The summed E-state index contributed by atoms with van der Waals surface area (Å²) in [4.78, 5) is 29.0. The highest BCUT2D eigenvalue weighted by atomic mass is 16.2. The normalized spacial score (nSPS) is 14.7. The van der Waals surface area contributed by atoms with Crippen LogP contribution < -0.4 is 5.56 Å². The molecule has 124 valence electrons. The van der Waals surface area contributed by atoms with Crippen LogP contribution in [-0.4, -0.2) is 28.4 Å². The number of carbonyl (C=O) groups excluding carboxylic acids is 1. The second kappa shape index (κ2) is 7.45. The van der Waals surface area contributed by atoms with E-state index >= 15 is 0 Å². The molecule has 1 amide bonds. The summed E-state index contributed by atoms with van der Waals surface area (Å²) in [5.74, 6) is 0.169. The van der Waals surface area contributed by atoms with E-state index < -0.39 is 0 Å². The molecule has 1 aromatic heterocycles. The van der Waals surface area contributed by atoms with Crippen molar-refractivity contribution in [3.63, 3.8) is 0 Å². The third-order valence-corrected chi connectivity index (χ3v) is 4.94. The Morgan fingerprint density at radius 2 is 2.00 bits per heavy atom. The molecule has 1 heterocycles. The number of aromatic amines is 1. The van der Waals surface area contributed by atoms with Crippen molar-refractivity contribution in [1.82, 2.24) is 9.88 Å². The molecular formula is C18H25N3O2. The number of pyridine rings is 1. The van der Waals surface area contributed by atoms with E-state index in [1.807, 2.05) is 24.8 Å². The molecule has 1 aromatic rings. The molecule has 0 unspecified atom stereocenters. The van der Waals surface area contributed by atoms with E-state index in [0.717, 1.165) is 30.6 Å². The monoisotopic (exact) mass is 315 g/mol. The van der Waals surface area contributed by atoms with E-state index in [1.165, 1.54) is 12.8 Å². The lowest BCUT2D eigenvalue weighted by Crippen LogP contribution is -2.38. The lowest BCUT2D eigenvalue weighted by Gasteiger charge is -2.28.